The first-order valence-electron chi connectivity index (χ1n) is 13.3. The average Bonchev–Trinajstić information content (AvgIpc) is 3.34. The van der Waals surface area contributed by atoms with Crippen molar-refractivity contribution < 1.29 is 36.3 Å². The molecule has 1 saturated heterocycles. The Hall–Kier alpha value is -4.62. The van der Waals surface area contributed by atoms with Crippen LogP contribution in [0, 0.1) is 11.6 Å². The molecule has 2 amide bonds. The van der Waals surface area contributed by atoms with Crippen LogP contribution in [0.3, 0.4) is 0 Å². The topological polar surface area (TPSA) is 96.5 Å². The third kappa shape index (κ3) is 5.80. The molecule has 44 heavy (non-hydrogen) atoms. The quantitative estimate of drug-likeness (QED) is 0.262. The van der Waals surface area contributed by atoms with E-state index in [1.807, 2.05) is 4.90 Å². The van der Waals surface area contributed by atoms with Crippen LogP contribution in [-0.2, 0) is 10.9 Å². The van der Waals surface area contributed by atoms with Crippen LogP contribution in [0.4, 0.5) is 33.6 Å². The molecule has 0 spiro atoms. The second-order valence-electron chi connectivity index (χ2n) is 10.1. The van der Waals surface area contributed by atoms with Gasteiger partial charge in [-0.05, 0) is 54.1 Å². The van der Waals surface area contributed by atoms with Crippen LogP contribution in [0.2, 0.25) is 5.02 Å². The number of carbonyl (C=O) groups excluding carboxylic acids is 2. The van der Waals surface area contributed by atoms with Gasteiger partial charge in [0.05, 0.1) is 24.8 Å². The predicted molar refractivity (Wildman–Crippen MR) is 151 cm³/mol. The minimum Gasteiger partial charge on any atom is -0.378 e. The number of halogens is 6. The molecule has 0 bridgehead atoms. The van der Waals surface area contributed by atoms with Crippen molar-refractivity contribution in [1.82, 2.24) is 15.3 Å². The number of hydrogen-bond acceptors (Lipinski definition) is 6. The van der Waals surface area contributed by atoms with Gasteiger partial charge >= 0.3 is 6.18 Å². The summed E-state index contributed by atoms with van der Waals surface area (Å²) in [6.07, 6.45) is -1.84. The lowest BCUT2D eigenvalue weighted by Crippen LogP contribution is -2.37. The summed E-state index contributed by atoms with van der Waals surface area (Å²) in [7, 11) is 0. The predicted octanol–water partition coefficient (Wildman–Crippen LogP) is 6.02. The molecule has 1 aromatic heterocycles. The van der Waals surface area contributed by atoms with E-state index in [0.29, 0.717) is 55.5 Å². The summed E-state index contributed by atoms with van der Waals surface area (Å²) in [5.41, 5.74) is -0.623. The zero-order chi connectivity index (χ0) is 31.2. The molecule has 4 aromatic rings. The molecular weight excluding hydrogens is 609 g/mol. The lowest BCUT2D eigenvalue weighted by Gasteiger charge is -2.26. The molecule has 1 unspecified atom stereocenters. The minimum atomic E-state index is -4.90. The molecule has 2 aliphatic heterocycles. The number of fused-ring (bicyclic) bond motifs is 1. The number of hydrogen-bond donors (Lipinski definition) is 2. The van der Waals surface area contributed by atoms with Gasteiger partial charge in [-0.1, -0.05) is 11.6 Å². The third-order valence-electron chi connectivity index (χ3n) is 7.26. The molecule has 3 heterocycles. The second-order valence-corrected chi connectivity index (χ2v) is 10.5. The summed E-state index contributed by atoms with van der Waals surface area (Å²) in [4.78, 5) is 37.3. The Morgan fingerprint density at radius 2 is 1.70 bits per heavy atom. The number of anilines is 2. The fraction of sp³-hybridized carbons (Fsp3) is 0.200. The number of alkyl halides is 3. The molecule has 0 saturated carbocycles. The van der Waals surface area contributed by atoms with E-state index in [2.05, 4.69) is 20.6 Å². The van der Waals surface area contributed by atoms with Gasteiger partial charge in [-0.2, -0.15) is 13.2 Å². The summed E-state index contributed by atoms with van der Waals surface area (Å²) < 4.78 is 73.8. The van der Waals surface area contributed by atoms with Crippen molar-refractivity contribution in [3.8, 4) is 11.1 Å². The van der Waals surface area contributed by atoms with E-state index in [-0.39, 0.29) is 33.5 Å². The first kappa shape index (κ1) is 29.5. The molecule has 226 valence electrons. The number of aromatic nitrogens is 2. The van der Waals surface area contributed by atoms with Gasteiger partial charge in [-0.25, -0.2) is 18.7 Å². The van der Waals surface area contributed by atoms with Gasteiger partial charge in [-0.3, -0.25) is 9.59 Å². The van der Waals surface area contributed by atoms with Crippen molar-refractivity contribution in [2.75, 3.05) is 36.5 Å². The number of rotatable bonds is 5. The molecule has 8 nitrogen and oxygen atoms in total. The summed E-state index contributed by atoms with van der Waals surface area (Å²) in [6.45, 7) is 2.27. The molecule has 0 radical (unpaired) electrons. The van der Waals surface area contributed by atoms with Crippen LogP contribution in [0.1, 0.15) is 43.4 Å². The van der Waals surface area contributed by atoms with Gasteiger partial charge < -0.3 is 20.3 Å². The fourth-order valence-corrected chi connectivity index (χ4v) is 5.37. The van der Waals surface area contributed by atoms with Crippen molar-refractivity contribution in [1.29, 1.82) is 0 Å². The molecule has 6 rings (SSSR count). The Balaban J connectivity index is 1.44. The molecule has 2 N–H and O–H groups in total. The maximum Gasteiger partial charge on any atom is 0.416 e. The van der Waals surface area contributed by atoms with Crippen molar-refractivity contribution in [3.63, 3.8) is 0 Å². The molecule has 2 aliphatic rings. The summed E-state index contributed by atoms with van der Waals surface area (Å²) in [5, 5.41) is 5.38. The number of morpholine rings is 1. The van der Waals surface area contributed by atoms with E-state index in [9.17, 15) is 31.5 Å². The Bertz CT molecular complexity index is 1780. The molecule has 0 aliphatic carbocycles. The standard InChI is InChI=1S/C30H21ClF5N5O3/c31-23-2-1-19(32)12-21(23)26-25-22(28(43)40-26)9-15(17-13-37-29(38-14-17)41-3-5-44-6-4-41)10-24(25)39-27(42)16-7-18(30(34,35)36)11-20(33)8-16/h1-2,7-14,26H,3-6H2,(H,39,42)(H,40,43). The summed E-state index contributed by atoms with van der Waals surface area (Å²) in [5.74, 6) is -3.07. The van der Waals surface area contributed by atoms with Crippen molar-refractivity contribution in [3.05, 3.63) is 105 Å². The van der Waals surface area contributed by atoms with Crippen molar-refractivity contribution >= 4 is 35.1 Å². The lowest BCUT2D eigenvalue weighted by molar-refractivity contribution is -0.137. The Morgan fingerprint density at radius 3 is 2.41 bits per heavy atom. The molecule has 3 aromatic carbocycles. The van der Waals surface area contributed by atoms with Crippen LogP contribution >= 0.6 is 11.6 Å². The van der Waals surface area contributed by atoms with E-state index in [0.717, 1.165) is 12.1 Å². The number of nitrogens with zero attached hydrogens (tertiary/aromatic N) is 3. The monoisotopic (exact) mass is 629 g/mol. The Morgan fingerprint density at radius 1 is 0.977 bits per heavy atom. The van der Waals surface area contributed by atoms with E-state index in [1.54, 1.807) is 0 Å². The van der Waals surface area contributed by atoms with Crippen LogP contribution in [-0.4, -0.2) is 48.1 Å². The van der Waals surface area contributed by atoms with Gasteiger partial charge in [0, 0.05) is 64.0 Å². The molecule has 1 fully saturated rings. The van der Waals surface area contributed by atoms with Crippen molar-refractivity contribution in [2.24, 2.45) is 0 Å². The number of carbonyl (C=O) groups is 2. The van der Waals surface area contributed by atoms with Gasteiger partial charge in [-0.15, -0.1) is 0 Å². The molecule has 1 atom stereocenters. The van der Waals surface area contributed by atoms with Gasteiger partial charge in [0.2, 0.25) is 5.95 Å². The second kappa shape index (κ2) is 11.5. The van der Waals surface area contributed by atoms with Crippen LogP contribution in [0.5, 0.6) is 0 Å². The average molecular weight is 630 g/mol. The van der Waals surface area contributed by atoms with Crippen LogP contribution < -0.4 is 15.5 Å². The molecular formula is C30H21ClF5N5O3. The highest BCUT2D eigenvalue weighted by Gasteiger charge is 2.36. The van der Waals surface area contributed by atoms with E-state index in [1.165, 1.54) is 30.6 Å². The van der Waals surface area contributed by atoms with Gasteiger partial charge in [0.25, 0.3) is 11.8 Å². The summed E-state index contributed by atoms with van der Waals surface area (Å²) >= 11 is 6.35. The van der Waals surface area contributed by atoms with Gasteiger partial charge in [0.15, 0.2) is 0 Å². The fourth-order valence-electron chi connectivity index (χ4n) is 5.15. The minimum absolute atomic E-state index is 0.00116. The third-order valence-corrected chi connectivity index (χ3v) is 7.60. The number of amides is 2. The highest BCUT2D eigenvalue weighted by Crippen LogP contribution is 2.42. The largest absolute Gasteiger partial charge is 0.416 e. The number of ether oxygens (including phenoxy) is 1. The van der Waals surface area contributed by atoms with E-state index >= 15 is 0 Å². The van der Waals surface area contributed by atoms with Crippen LogP contribution in [0.25, 0.3) is 11.1 Å². The normalized spacial score (nSPS) is 16.5. The van der Waals surface area contributed by atoms with E-state index < -0.39 is 46.8 Å². The highest BCUT2D eigenvalue weighted by molar-refractivity contribution is 6.31. The smallest absolute Gasteiger partial charge is 0.378 e. The number of nitrogens with one attached hydrogen (secondary N) is 2. The first-order chi connectivity index (χ1) is 21.0. The SMILES string of the molecule is O=C(Nc1cc(-c2cnc(N3CCOCC3)nc2)cc2c1C(c1cc(F)ccc1Cl)NC2=O)c1cc(F)cc(C(F)(F)F)c1. The zero-order valence-electron chi connectivity index (χ0n) is 22.5. The summed E-state index contributed by atoms with van der Waals surface area (Å²) in [6, 6.07) is 7.02. The van der Waals surface area contributed by atoms with E-state index in [4.69, 9.17) is 16.3 Å². The first-order valence-corrected chi connectivity index (χ1v) is 13.6. The highest BCUT2D eigenvalue weighted by atomic mass is 35.5. The Kier molecular flexibility index (Phi) is 7.68. The Labute approximate surface area is 251 Å². The molecule has 14 heteroatoms. The maximum atomic E-state index is 14.2. The zero-order valence-corrected chi connectivity index (χ0v) is 23.3. The van der Waals surface area contributed by atoms with Gasteiger partial charge in [0.1, 0.15) is 11.6 Å². The van der Waals surface area contributed by atoms with Crippen molar-refractivity contribution in [2.45, 2.75) is 12.2 Å². The van der Waals surface area contributed by atoms with Crippen LogP contribution in [0.15, 0.2) is 60.9 Å². The lowest BCUT2D eigenvalue weighted by atomic mass is 9.93. The maximum absolute atomic E-state index is 14.2. The number of benzene rings is 3.